The highest BCUT2D eigenvalue weighted by Gasteiger charge is 2.67. The Morgan fingerprint density at radius 3 is 2.09 bits per heavy atom. The van der Waals surface area contributed by atoms with Crippen LogP contribution in [0.3, 0.4) is 0 Å². The van der Waals surface area contributed by atoms with Gasteiger partial charge in [-0.1, -0.05) is 20.8 Å². The number of hydrogen-bond acceptors (Lipinski definition) is 10. The summed E-state index contributed by atoms with van der Waals surface area (Å²) in [6.45, 7) is 7.86. The number of carbonyl (C=O) groups is 3. The Morgan fingerprint density at radius 2 is 1.47 bits per heavy atom. The number of aliphatic hydroxyl groups is 1. The highest BCUT2D eigenvalue weighted by molar-refractivity contribution is 5.70. The molecule has 0 radical (unpaired) electrons. The number of esters is 3. The van der Waals surface area contributed by atoms with E-state index in [0.29, 0.717) is 18.3 Å². The van der Waals surface area contributed by atoms with Crippen molar-refractivity contribution in [1.82, 2.24) is 0 Å². The summed E-state index contributed by atoms with van der Waals surface area (Å²) in [5.74, 6) is 0.646. The second kappa shape index (κ2) is 14.6. The van der Waals surface area contributed by atoms with Gasteiger partial charge in [0.15, 0.2) is 0 Å². The normalized spacial score (nSPS) is 39.1. The van der Waals surface area contributed by atoms with Gasteiger partial charge in [0.1, 0.15) is 18.3 Å². The van der Waals surface area contributed by atoms with Gasteiger partial charge in [-0.3, -0.25) is 14.4 Å². The van der Waals surface area contributed by atoms with Crippen molar-refractivity contribution >= 4 is 17.9 Å². The molecular weight excluding hydrogens is 550 g/mol. The molecule has 43 heavy (non-hydrogen) atoms. The van der Waals surface area contributed by atoms with Gasteiger partial charge in [-0.25, -0.2) is 0 Å². The first kappa shape index (κ1) is 34.1. The van der Waals surface area contributed by atoms with Crippen molar-refractivity contribution < 1.29 is 33.7 Å². The first-order valence-corrected chi connectivity index (χ1v) is 16.8. The number of fused-ring (bicyclic) bond motifs is 5. The second-order valence-corrected chi connectivity index (χ2v) is 14.4. The van der Waals surface area contributed by atoms with Crippen LogP contribution in [0.1, 0.15) is 97.8 Å². The lowest BCUT2D eigenvalue weighted by Crippen LogP contribution is -2.63. The molecule has 0 bridgehead atoms. The van der Waals surface area contributed by atoms with Gasteiger partial charge in [0.25, 0.3) is 0 Å². The zero-order chi connectivity index (χ0) is 31.4. The topological polar surface area (TPSA) is 177 Å². The molecule has 0 aromatic carbocycles. The summed E-state index contributed by atoms with van der Waals surface area (Å²) >= 11 is 0. The molecule has 7 N–H and O–H groups in total. The van der Waals surface area contributed by atoms with Gasteiger partial charge in [-0.15, -0.1) is 0 Å². The third-order valence-electron chi connectivity index (χ3n) is 12.2. The molecule has 0 aromatic rings. The van der Waals surface area contributed by atoms with Crippen LogP contribution in [-0.2, 0) is 28.6 Å². The minimum absolute atomic E-state index is 0.0708. The molecule has 4 saturated carbocycles. The molecule has 0 saturated heterocycles. The van der Waals surface area contributed by atoms with Crippen LogP contribution in [0, 0.1) is 46.3 Å². The fourth-order valence-electron chi connectivity index (χ4n) is 10.1. The minimum atomic E-state index is -0.281. The smallest absolute Gasteiger partial charge is 0.307 e. The number of nitrogens with two attached hydrogens (primary N) is 3. The fourth-order valence-corrected chi connectivity index (χ4v) is 10.1. The van der Waals surface area contributed by atoms with Crippen LogP contribution >= 0.6 is 0 Å². The van der Waals surface area contributed by atoms with E-state index in [2.05, 4.69) is 20.8 Å². The first-order valence-electron chi connectivity index (χ1n) is 16.8. The highest BCUT2D eigenvalue weighted by Crippen LogP contribution is 2.69. The van der Waals surface area contributed by atoms with Crippen molar-refractivity contribution in [3.05, 3.63) is 0 Å². The van der Waals surface area contributed by atoms with Crippen LogP contribution in [0.5, 0.6) is 0 Å². The maximum atomic E-state index is 13.0. The Kier molecular flexibility index (Phi) is 11.6. The van der Waals surface area contributed by atoms with E-state index in [-0.39, 0.29) is 116 Å². The van der Waals surface area contributed by atoms with Crippen LogP contribution in [0.15, 0.2) is 0 Å². The lowest BCUT2D eigenvalue weighted by Gasteiger charge is -2.64. The molecule has 10 heteroatoms. The molecule has 4 aliphatic carbocycles. The van der Waals surface area contributed by atoms with E-state index in [1.807, 2.05) is 0 Å². The number of carbonyl (C=O) groups excluding carboxylic acids is 3. The minimum Gasteiger partial charge on any atom is -0.462 e. The summed E-state index contributed by atoms with van der Waals surface area (Å²) in [4.78, 5) is 38.3. The van der Waals surface area contributed by atoms with Crippen molar-refractivity contribution in [2.24, 2.45) is 63.5 Å². The quantitative estimate of drug-likeness (QED) is 0.180. The molecule has 0 heterocycles. The molecule has 4 rings (SSSR count). The van der Waals surface area contributed by atoms with E-state index in [4.69, 9.17) is 31.4 Å². The molecule has 10 nitrogen and oxygen atoms in total. The Morgan fingerprint density at radius 1 is 0.837 bits per heavy atom. The maximum absolute atomic E-state index is 13.0. The average molecular weight is 608 g/mol. The monoisotopic (exact) mass is 607 g/mol. The summed E-state index contributed by atoms with van der Waals surface area (Å²) in [5, 5.41) is 9.56. The number of rotatable bonds is 13. The summed E-state index contributed by atoms with van der Waals surface area (Å²) in [7, 11) is 0. The number of ether oxygens (including phenoxy) is 3. The van der Waals surface area contributed by atoms with Crippen molar-refractivity contribution in [3.63, 3.8) is 0 Å². The largest absolute Gasteiger partial charge is 0.462 e. The van der Waals surface area contributed by atoms with Crippen molar-refractivity contribution in [1.29, 1.82) is 0 Å². The number of aliphatic hydroxyl groups excluding tert-OH is 1. The molecule has 4 fully saturated rings. The second-order valence-electron chi connectivity index (χ2n) is 14.4. The summed E-state index contributed by atoms with van der Waals surface area (Å²) in [6.07, 6.45) is 7.38. The summed E-state index contributed by atoms with van der Waals surface area (Å²) in [6, 6.07) is 0. The molecule has 0 aromatic heterocycles. The van der Waals surface area contributed by atoms with Gasteiger partial charge in [0, 0.05) is 37.6 Å². The van der Waals surface area contributed by atoms with Crippen molar-refractivity contribution in [3.8, 4) is 0 Å². The van der Waals surface area contributed by atoms with Crippen LogP contribution in [0.25, 0.3) is 0 Å². The Balaban J connectivity index is 1.71. The average Bonchev–Trinajstić information content (AvgIpc) is 3.31. The Hall–Kier alpha value is -1.75. The molecule has 246 valence electrons. The maximum Gasteiger partial charge on any atom is 0.307 e. The van der Waals surface area contributed by atoms with Crippen molar-refractivity contribution in [2.45, 2.75) is 116 Å². The van der Waals surface area contributed by atoms with Gasteiger partial charge in [0.05, 0.1) is 19.3 Å². The zero-order valence-electron chi connectivity index (χ0n) is 26.6. The fraction of sp³-hybridized carbons (Fsp3) is 0.909. The van der Waals surface area contributed by atoms with Crippen LogP contribution in [0.4, 0.5) is 0 Å². The van der Waals surface area contributed by atoms with E-state index in [9.17, 15) is 19.5 Å². The first-order chi connectivity index (χ1) is 20.5. The van der Waals surface area contributed by atoms with E-state index in [1.165, 1.54) is 0 Å². The van der Waals surface area contributed by atoms with E-state index in [1.54, 1.807) is 0 Å². The summed E-state index contributed by atoms with van der Waals surface area (Å²) < 4.78 is 18.5. The van der Waals surface area contributed by atoms with E-state index >= 15 is 0 Å². The van der Waals surface area contributed by atoms with Crippen LogP contribution in [0.2, 0.25) is 0 Å². The predicted molar refractivity (Wildman–Crippen MR) is 162 cm³/mol. The molecule has 4 aliphatic rings. The van der Waals surface area contributed by atoms with Gasteiger partial charge in [0.2, 0.25) is 0 Å². The van der Waals surface area contributed by atoms with Crippen LogP contribution in [-0.4, -0.2) is 67.6 Å². The molecule has 0 aliphatic heterocycles. The van der Waals surface area contributed by atoms with Crippen LogP contribution < -0.4 is 17.2 Å². The number of hydrogen-bond donors (Lipinski definition) is 4. The lowest BCUT2D eigenvalue weighted by atomic mass is 9.43. The van der Waals surface area contributed by atoms with Gasteiger partial charge in [-0.2, -0.15) is 0 Å². The third-order valence-corrected chi connectivity index (χ3v) is 12.2. The Labute approximate surface area is 257 Å². The standard InChI is InChI=1S/C33H57N3O7/c1-20(5-4-16-37)23-6-7-24-31-25(19-27(33(23,24)3)43-30(40)11-15-36)32(2)12-8-22(41-28(38)9-13-34)17-21(32)18-26(31)42-29(39)10-14-35/h20-27,31,37H,4-19,34-36H2,1-3H3/t20-,21?,22-,23?,24+,25+,26-,27+,31?,32?,33?/m1/s1. The third kappa shape index (κ3) is 6.92. The van der Waals surface area contributed by atoms with Gasteiger partial charge in [-0.05, 0) is 92.8 Å². The van der Waals surface area contributed by atoms with Crippen molar-refractivity contribution in [2.75, 3.05) is 26.2 Å². The molecule has 11 atom stereocenters. The summed E-state index contributed by atoms with van der Waals surface area (Å²) in [5.41, 5.74) is 16.7. The van der Waals surface area contributed by atoms with Gasteiger partial charge < -0.3 is 36.5 Å². The Bertz CT molecular complexity index is 980. The SMILES string of the molecule is C[C@H](CCCO)C1CC[C@H]2C3[C@H](OC(=O)CCN)CC4C[C@H](OC(=O)CCN)CCC4(C)[C@H]3C[C@H](OC(=O)CCN)C12C. The predicted octanol–water partition coefficient (Wildman–Crippen LogP) is 3.06. The van der Waals surface area contributed by atoms with E-state index < -0.39 is 0 Å². The molecule has 5 unspecified atom stereocenters. The molecule has 0 spiro atoms. The van der Waals surface area contributed by atoms with E-state index in [0.717, 1.165) is 51.4 Å². The molecular formula is C33H57N3O7. The zero-order valence-corrected chi connectivity index (χ0v) is 26.6. The van der Waals surface area contributed by atoms with Gasteiger partial charge >= 0.3 is 17.9 Å². The molecule has 0 amide bonds. The highest BCUT2D eigenvalue weighted by atomic mass is 16.6. The lowest BCUT2D eigenvalue weighted by molar-refractivity contribution is -0.225.